The maximum Gasteiger partial charge on any atom is 0.122 e. The molecule has 0 fully saturated rings. The van der Waals surface area contributed by atoms with Crippen molar-refractivity contribution in [3.63, 3.8) is 0 Å². The second-order valence-corrected chi connectivity index (χ2v) is 9.78. The highest BCUT2D eigenvalue weighted by Crippen LogP contribution is 2.17. The molecule has 1 rings (SSSR count). The van der Waals surface area contributed by atoms with Crippen molar-refractivity contribution in [3.05, 3.63) is 40.2 Å². The lowest BCUT2D eigenvalue weighted by molar-refractivity contribution is 0.449. The Bertz CT molecular complexity index is 335. The SMILES string of the molecule is C[Si](C)(C)/C(O)=C\c1ccc(Cl)cc1. The molecule has 0 radical (unpaired) electrons. The van der Waals surface area contributed by atoms with E-state index in [1.54, 1.807) is 0 Å². The Kier molecular flexibility index (Phi) is 3.40. The number of aliphatic hydroxyl groups is 1. The van der Waals surface area contributed by atoms with Crippen LogP contribution in [0.3, 0.4) is 0 Å². The van der Waals surface area contributed by atoms with Gasteiger partial charge in [-0.15, -0.1) is 0 Å². The molecule has 1 aromatic rings. The summed E-state index contributed by atoms with van der Waals surface area (Å²) >= 11 is 5.76. The molecule has 0 aromatic heterocycles. The molecule has 0 atom stereocenters. The monoisotopic (exact) mass is 226 g/mol. The standard InChI is InChI=1S/C11H15ClOSi/c1-14(2,3)11(13)8-9-4-6-10(12)7-5-9/h4-8,13H,1-3H3/b11-8-. The average molecular weight is 227 g/mol. The first-order valence-electron chi connectivity index (χ1n) is 4.56. The van der Waals surface area contributed by atoms with Crippen LogP contribution in [0.25, 0.3) is 6.08 Å². The van der Waals surface area contributed by atoms with Gasteiger partial charge in [0.1, 0.15) is 8.07 Å². The van der Waals surface area contributed by atoms with Crippen LogP contribution in [0.15, 0.2) is 29.6 Å². The van der Waals surface area contributed by atoms with Crippen LogP contribution >= 0.6 is 11.6 Å². The maximum absolute atomic E-state index is 9.80. The molecule has 76 valence electrons. The smallest absolute Gasteiger partial charge is 0.122 e. The highest BCUT2D eigenvalue weighted by atomic mass is 35.5. The summed E-state index contributed by atoms with van der Waals surface area (Å²) in [5.41, 5.74) is 0.995. The number of hydrogen-bond donors (Lipinski definition) is 1. The molecule has 1 aromatic carbocycles. The van der Waals surface area contributed by atoms with Gasteiger partial charge in [0.2, 0.25) is 0 Å². The molecule has 14 heavy (non-hydrogen) atoms. The van der Waals surface area contributed by atoms with Gasteiger partial charge in [-0.2, -0.15) is 0 Å². The minimum atomic E-state index is -1.57. The first-order chi connectivity index (χ1) is 6.39. The summed E-state index contributed by atoms with van der Waals surface area (Å²) in [6, 6.07) is 7.45. The summed E-state index contributed by atoms with van der Waals surface area (Å²) in [6.45, 7) is 6.32. The molecule has 0 aliphatic rings. The minimum Gasteiger partial charge on any atom is -0.517 e. The zero-order chi connectivity index (χ0) is 10.8. The van der Waals surface area contributed by atoms with Crippen molar-refractivity contribution in [2.75, 3.05) is 0 Å². The largest absolute Gasteiger partial charge is 0.517 e. The second kappa shape index (κ2) is 4.19. The highest BCUT2D eigenvalue weighted by molar-refractivity contribution is 6.82. The van der Waals surface area contributed by atoms with E-state index in [2.05, 4.69) is 19.6 Å². The third-order valence-electron chi connectivity index (χ3n) is 1.94. The molecular formula is C11H15ClOSi. The quantitative estimate of drug-likeness (QED) is 0.594. The van der Waals surface area contributed by atoms with Gasteiger partial charge in [0.25, 0.3) is 0 Å². The van der Waals surface area contributed by atoms with Crippen molar-refractivity contribution < 1.29 is 5.11 Å². The third kappa shape index (κ3) is 3.20. The van der Waals surface area contributed by atoms with Crippen molar-refractivity contribution in [2.45, 2.75) is 19.6 Å². The zero-order valence-electron chi connectivity index (χ0n) is 8.71. The summed E-state index contributed by atoms with van der Waals surface area (Å²) in [4.78, 5) is 0. The van der Waals surface area contributed by atoms with E-state index in [9.17, 15) is 5.11 Å². The molecule has 1 N–H and O–H groups in total. The Morgan fingerprint density at radius 1 is 1.21 bits per heavy atom. The lowest BCUT2D eigenvalue weighted by atomic mass is 10.2. The van der Waals surface area contributed by atoms with E-state index >= 15 is 0 Å². The molecule has 0 bridgehead atoms. The van der Waals surface area contributed by atoms with Crippen LogP contribution in [0.4, 0.5) is 0 Å². The van der Waals surface area contributed by atoms with Crippen molar-refractivity contribution in [1.82, 2.24) is 0 Å². The first kappa shape index (κ1) is 11.3. The fourth-order valence-electron chi connectivity index (χ4n) is 0.933. The number of halogens is 1. The Hall–Kier alpha value is -0.733. The van der Waals surface area contributed by atoms with Crippen molar-refractivity contribution in [2.24, 2.45) is 0 Å². The Morgan fingerprint density at radius 3 is 2.14 bits per heavy atom. The van der Waals surface area contributed by atoms with Gasteiger partial charge in [0.15, 0.2) is 0 Å². The predicted molar refractivity (Wildman–Crippen MR) is 65.4 cm³/mol. The summed E-state index contributed by atoms with van der Waals surface area (Å²) in [5, 5.41) is 11.0. The minimum absolute atomic E-state index is 0.514. The molecular weight excluding hydrogens is 212 g/mol. The lowest BCUT2D eigenvalue weighted by Crippen LogP contribution is -2.23. The normalized spacial score (nSPS) is 13.0. The van der Waals surface area contributed by atoms with Crippen LogP contribution in [0.1, 0.15) is 5.56 Å². The Labute approximate surface area is 91.0 Å². The third-order valence-corrected chi connectivity index (χ3v) is 3.87. The lowest BCUT2D eigenvalue weighted by Gasteiger charge is -2.14. The molecule has 0 unspecified atom stereocenters. The molecule has 1 nitrogen and oxygen atoms in total. The van der Waals surface area contributed by atoms with E-state index in [4.69, 9.17) is 11.6 Å². The molecule has 3 heteroatoms. The number of benzene rings is 1. The Morgan fingerprint density at radius 2 is 1.71 bits per heavy atom. The average Bonchev–Trinajstić information content (AvgIpc) is 2.07. The summed E-state index contributed by atoms with van der Waals surface area (Å²) in [6.07, 6.45) is 1.82. The van der Waals surface area contributed by atoms with E-state index in [0.717, 1.165) is 10.6 Å². The maximum atomic E-state index is 9.80. The van der Waals surface area contributed by atoms with Gasteiger partial charge in [-0.25, -0.2) is 0 Å². The molecule has 0 amide bonds. The van der Waals surface area contributed by atoms with Crippen LogP contribution in [0.5, 0.6) is 0 Å². The van der Waals surface area contributed by atoms with E-state index in [1.165, 1.54) is 0 Å². The molecule has 0 heterocycles. The molecule has 0 saturated heterocycles. The van der Waals surface area contributed by atoms with Gasteiger partial charge in [-0.1, -0.05) is 43.4 Å². The zero-order valence-corrected chi connectivity index (χ0v) is 10.5. The summed E-state index contributed by atoms with van der Waals surface area (Å²) in [5.74, 6) is 0. The van der Waals surface area contributed by atoms with Crippen LogP contribution in [0.2, 0.25) is 24.7 Å². The van der Waals surface area contributed by atoms with Crippen molar-refractivity contribution >= 4 is 25.8 Å². The molecule has 0 spiro atoms. The van der Waals surface area contributed by atoms with Crippen LogP contribution < -0.4 is 0 Å². The Balaban J connectivity index is 2.93. The van der Waals surface area contributed by atoms with Crippen molar-refractivity contribution in [1.29, 1.82) is 0 Å². The fourth-order valence-corrected chi connectivity index (χ4v) is 1.66. The molecule has 0 saturated carbocycles. The topological polar surface area (TPSA) is 20.2 Å². The van der Waals surface area contributed by atoms with E-state index in [1.807, 2.05) is 30.3 Å². The van der Waals surface area contributed by atoms with Gasteiger partial charge >= 0.3 is 0 Å². The summed E-state index contributed by atoms with van der Waals surface area (Å²) in [7, 11) is -1.57. The van der Waals surface area contributed by atoms with Crippen LogP contribution in [-0.4, -0.2) is 13.2 Å². The van der Waals surface area contributed by atoms with Gasteiger partial charge in [0, 0.05) is 5.02 Å². The van der Waals surface area contributed by atoms with Gasteiger partial charge in [0.05, 0.1) is 5.38 Å². The number of hydrogen-bond acceptors (Lipinski definition) is 1. The van der Waals surface area contributed by atoms with Gasteiger partial charge in [-0.05, 0) is 23.8 Å². The van der Waals surface area contributed by atoms with E-state index < -0.39 is 8.07 Å². The number of rotatable bonds is 2. The predicted octanol–water partition coefficient (Wildman–Crippen LogP) is 4.12. The van der Waals surface area contributed by atoms with Crippen LogP contribution in [0, 0.1) is 0 Å². The molecule has 0 aliphatic heterocycles. The second-order valence-electron chi connectivity index (χ2n) is 4.33. The highest BCUT2D eigenvalue weighted by Gasteiger charge is 2.18. The molecule has 0 aliphatic carbocycles. The van der Waals surface area contributed by atoms with Crippen LogP contribution in [-0.2, 0) is 0 Å². The first-order valence-corrected chi connectivity index (χ1v) is 8.44. The van der Waals surface area contributed by atoms with E-state index in [0.29, 0.717) is 5.38 Å². The summed E-state index contributed by atoms with van der Waals surface area (Å²) < 4.78 is 0. The van der Waals surface area contributed by atoms with E-state index in [-0.39, 0.29) is 0 Å². The van der Waals surface area contributed by atoms with Crippen molar-refractivity contribution in [3.8, 4) is 0 Å². The van der Waals surface area contributed by atoms with Gasteiger partial charge < -0.3 is 5.11 Å². The van der Waals surface area contributed by atoms with Gasteiger partial charge in [-0.3, -0.25) is 0 Å². The fraction of sp³-hybridized carbons (Fsp3) is 0.273. The number of aliphatic hydroxyl groups excluding tert-OH is 1.